The predicted molar refractivity (Wildman–Crippen MR) is 44.2 cm³/mol. The van der Waals surface area contributed by atoms with Crippen LogP contribution in [0.15, 0.2) is 10.6 Å². The second-order valence-corrected chi connectivity index (χ2v) is 2.75. The van der Waals surface area contributed by atoms with Crippen molar-refractivity contribution < 1.29 is 9.32 Å². The molecule has 1 aliphatic rings. The van der Waals surface area contributed by atoms with Crippen LogP contribution in [0.2, 0.25) is 0 Å². The fourth-order valence-electron chi connectivity index (χ4n) is 0.966. The third-order valence-electron chi connectivity index (χ3n) is 1.76. The molecule has 0 aliphatic heterocycles. The zero-order valence-corrected chi connectivity index (χ0v) is 7.13. The van der Waals surface area contributed by atoms with E-state index in [4.69, 9.17) is 10.3 Å². The molecule has 66 valence electrons. The van der Waals surface area contributed by atoms with E-state index >= 15 is 0 Å². The standard InChI is InChI=1S/C7H8N2O2.ClH/c8-7(10)5-3-6(11-9-5)4-1-2-4;/h3-4H,1-2H2,(H2,8,10);1H. The molecule has 0 atom stereocenters. The first-order valence-corrected chi connectivity index (χ1v) is 3.54. The minimum atomic E-state index is -0.527. The zero-order valence-electron chi connectivity index (χ0n) is 6.32. The molecule has 0 unspecified atom stereocenters. The number of primary amides is 1. The van der Waals surface area contributed by atoms with Crippen LogP contribution in [0.1, 0.15) is 35.0 Å². The van der Waals surface area contributed by atoms with Gasteiger partial charge in [-0.25, -0.2) is 0 Å². The summed E-state index contributed by atoms with van der Waals surface area (Å²) in [6, 6.07) is 1.62. The summed E-state index contributed by atoms with van der Waals surface area (Å²) in [4.78, 5) is 10.6. The van der Waals surface area contributed by atoms with Crippen LogP contribution in [0.25, 0.3) is 0 Å². The van der Waals surface area contributed by atoms with Gasteiger partial charge in [0.05, 0.1) is 0 Å². The SMILES string of the molecule is Cl.NC(=O)c1cc(C2CC2)on1. The van der Waals surface area contributed by atoms with E-state index in [0.717, 1.165) is 18.6 Å². The van der Waals surface area contributed by atoms with Gasteiger partial charge in [0.1, 0.15) is 5.76 Å². The van der Waals surface area contributed by atoms with Crippen molar-refractivity contribution in [2.24, 2.45) is 5.73 Å². The number of nitrogens with zero attached hydrogens (tertiary/aromatic N) is 1. The number of hydrogen-bond acceptors (Lipinski definition) is 3. The number of halogens is 1. The predicted octanol–water partition coefficient (Wildman–Crippen LogP) is 1.07. The van der Waals surface area contributed by atoms with E-state index in [1.807, 2.05) is 0 Å². The molecule has 1 heterocycles. The highest BCUT2D eigenvalue weighted by Crippen LogP contribution is 2.40. The van der Waals surface area contributed by atoms with Gasteiger partial charge in [0.15, 0.2) is 5.69 Å². The van der Waals surface area contributed by atoms with Crippen molar-refractivity contribution >= 4 is 18.3 Å². The highest BCUT2D eigenvalue weighted by molar-refractivity contribution is 5.90. The van der Waals surface area contributed by atoms with Crippen molar-refractivity contribution in [2.45, 2.75) is 18.8 Å². The zero-order chi connectivity index (χ0) is 7.84. The lowest BCUT2D eigenvalue weighted by Gasteiger charge is -1.80. The first-order chi connectivity index (χ1) is 5.27. The molecular weight excluding hydrogens is 180 g/mol. The summed E-state index contributed by atoms with van der Waals surface area (Å²) in [5.41, 5.74) is 5.21. The van der Waals surface area contributed by atoms with Crippen LogP contribution in [0.4, 0.5) is 0 Å². The molecule has 0 bridgehead atoms. The Balaban J connectivity index is 0.000000720. The summed E-state index contributed by atoms with van der Waals surface area (Å²) in [5.74, 6) is 0.745. The highest BCUT2D eigenvalue weighted by Gasteiger charge is 2.28. The number of carbonyl (C=O) groups is 1. The van der Waals surface area contributed by atoms with E-state index in [9.17, 15) is 4.79 Å². The Morgan fingerprint density at radius 2 is 2.33 bits per heavy atom. The van der Waals surface area contributed by atoms with Crippen molar-refractivity contribution in [3.63, 3.8) is 0 Å². The third kappa shape index (κ3) is 1.58. The summed E-state index contributed by atoms with van der Waals surface area (Å²) in [6.45, 7) is 0. The fourth-order valence-corrected chi connectivity index (χ4v) is 0.966. The Hall–Kier alpha value is -1.03. The average molecular weight is 189 g/mol. The summed E-state index contributed by atoms with van der Waals surface area (Å²) in [5, 5.41) is 3.53. The Morgan fingerprint density at radius 1 is 1.67 bits per heavy atom. The lowest BCUT2D eigenvalue weighted by atomic mass is 10.3. The van der Waals surface area contributed by atoms with E-state index < -0.39 is 5.91 Å². The summed E-state index contributed by atoms with van der Waals surface area (Å²) >= 11 is 0. The molecule has 1 aromatic heterocycles. The third-order valence-corrected chi connectivity index (χ3v) is 1.76. The normalized spacial score (nSPS) is 15.3. The molecule has 5 heteroatoms. The Kier molecular flexibility index (Phi) is 2.38. The van der Waals surface area contributed by atoms with Crippen molar-refractivity contribution in [3.8, 4) is 0 Å². The van der Waals surface area contributed by atoms with Crippen LogP contribution in [0.3, 0.4) is 0 Å². The smallest absolute Gasteiger partial charge is 0.270 e. The molecule has 1 amide bonds. The summed E-state index contributed by atoms with van der Waals surface area (Å²) < 4.78 is 4.90. The first kappa shape index (κ1) is 9.06. The molecule has 1 aliphatic carbocycles. The minimum Gasteiger partial charge on any atom is -0.364 e. The molecule has 0 aromatic carbocycles. The molecule has 1 saturated carbocycles. The van der Waals surface area contributed by atoms with Crippen molar-refractivity contribution in [1.82, 2.24) is 5.16 Å². The van der Waals surface area contributed by atoms with Crippen LogP contribution >= 0.6 is 12.4 Å². The Morgan fingerprint density at radius 3 is 2.75 bits per heavy atom. The van der Waals surface area contributed by atoms with E-state index in [1.54, 1.807) is 6.07 Å². The van der Waals surface area contributed by atoms with Gasteiger partial charge in [-0.3, -0.25) is 4.79 Å². The van der Waals surface area contributed by atoms with Crippen LogP contribution in [0, 0.1) is 0 Å². The highest BCUT2D eigenvalue weighted by atomic mass is 35.5. The molecule has 12 heavy (non-hydrogen) atoms. The largest absolute Gasteiger partial charge is 0.364 e. The molecule has 4 nitrogen and oxygen atoms in total. The van der Waals surface area contributed by atoms with Gasteiger partial charge in [0.25, 0.3) is 5.91 Å². The first-order valence-electron chi connectivity index (χ1n) is 3.54. The minimum absolute atomic E-state index is 0. The number of hydrogen-bond donors (Lipinski definition) is 1. The van der Waals surface area contributed by atoms with Gasteiger partial charge in [0.2, 0.25) is 0 Å². The summed E-state index contributed by atoms with van der Waals surface area (Å²) in [7, 11) is 0. The topological polar surface area (TPSA) is 69.1 Å². The molecule has 0 saturated heterocycles. The molecular formula is C7H9ClN2O2. The van der Waals surface area contributed by atoms with Crippen LogP contribution in [-0.4, -0.2) is 11.1 Å². The van der Waals surface area contributed by atoms with Crippen molar-refractivity contribution in [2.75, 3.05) is 0 Å². The molecule has 2 N–H and O–H groups in total. The van der Waals surface area contributed by atoms with Gasteiger partial charge < -0.3 is 10.3 Å². The van der Waals surface area contributed by atoms with Crippen LogP contribution in [0.5, 0.6) is 0 Å². The van der Waals surface area contributed by atoms with Gasteiger partial charge in [-0.05, 0) is 12.8 Å². The van der Waals surface area contributed by atoms with E-state index in [-0.39, 0.29) is 18.1 Å². The lowest BCUT2D eigenvalue weighted by molar-refractivity contribution is 0.0991. The second-order valence-electron chi connectivity index (χ2n) is 2.75. The molecule has 0 spiro atoms. The second kappa shape index (κ2) is 3.15. The van der Waals surface area contributed by atoms with Gasteiger partial charge in [0, 0.05) is 12.0 Å². The van der Waals surface area contributed by atoms with E-state index in [0.29, 0.717) is 5.92 Å². The van der Waals surface area contributed by atoms with Crippen molar-refractivity contribution in [1.29, 1.82) is 0 Å². The monoisotopic (exact) mass is 188 g/mol. The molecule has 0 radical (unpaired) electrons. The number of nitrogens with two attached hydrogens (primary N) is 1. The molecule has 1 fully saturated rings. The van der Waals surface area contributed by atoms with Crippen LogP contribution < -0.4 is 5.73 Å². The maximum absolute atomic E-state index is 10.6. The molecule has 2 rings (SSSR count). The van der Waals surface area contributed by atoms with Gasteiger partial charge >= 0.3 is 0 Å². The van der Waals surface area contributed by atoms with E-state index in [2.05, 4.69) is 5.16 Å². The number of aromatic nitrogens is 1. The van der Waals surface area contributed by atoms with Gasteiger partial charge in [-0.1, -0.05) is 5.16 Å². The Labute approximate surface area is 75.5 Å². The van der Waals surface area contributed by atoms with Crippen molar-refractivity contribution in [3.05, 3.63) is 17.5 Å². The summed E-state index contributed by atoms with van der Waals surface area (Å²) in [6.07, 6.45) is 2.26. The maximum Gasteiger partial charge on any atom is 0.270 e. The number of amides is 1. The van der Waals surface area contributed by atoms with E-state index in [1.165, 1.54) is 0 Å². The average Bonchev–Trinajstić information content (AvgIpc) is 2.68. The van der Waals surface area contributed by atoms with Crippen LogP contribution in [-0.2, 0) is 0 Å². The lowest BCUT2D eigenvalue weighted by Crippen LogP contribution is -2.10. The number of carbonyl (C=O) groups excluding carboxylic acids is 1. The maximum atomic E-state index is 10.6. The fraction of sp³-hybridized carbons (Fsp3) is 0.429. The van der Waals surface area contributed by atoms with Gasteiger partial charge in [-0.2, -0.15) is 0 Å². The van der Waals surface area contributed by atoms with Gasteiger partial charge in [-0.15, -0.1) is 12.4 Å². The number of rotatable bonds is 2. The quantitative estimate of drug-likeness (QED) is 0.755. The molecule has 1 aromatic rings. The Bertz CT molecular complexity index is 293.